The van der Waals surface area contributed by atoms with Gasteiger partial charge < -0.3 is 5.32 Å². The van der Waals surface area contributed by atoms with Crippen LogP contribution in [0, 0.1) is 11.3 Å². The van der Waals surface area contributed by atoms with Gasteiger partial charge in [0.15, 0.2) is 0 Å². The van der Waals surface area contributed by atoms with Crippen molar-refractivity contribution in [3.63, 3.8) is 0 Å². The van der Waals surface area contributed by atoms with Crippen LogP contribution in [0.2, 0.25) is 0 Å². The Hall–Kier alpha value is -2.71. The molecule has 0 amide bonds. The molecule has 0 spiro atoms. The molecule has 0 aliphatic rings. The third kappa shape index (κ3) is 3.07. The number of benzene rings is 1. The largest absolute Gasteiger partial charge is 0.357 e. The molecule has 0 aliphatic heterocycles. The average molecular weight is 292 g/mol. The minimum atomic E-state index is -0.0494. The molecule has 5 heteroatoms. The maximum atomic E-state index is 8.82. The van der Waals surface area contributed by atoms with Crippen LogP contribution < -0.4 is 5.32 Å². The van der Waals surface area contributed by atoms with Gasteiger partial charge in [-0.15, -0.1) is 11.3 Å². The Morgan fingerprint density at radius 3 is 2.57 bits per heavy atom. The van der Waals surface area contributed by atoms with Crippen LogP contribution >= 0.6 is 11.3 Å². The lowest BCUT2D eigenvalue weighted by Gasteiger charge is -2.17. The second-order valence-electron chi connectivity index (χ2n) is 4.40. The third-order valence-electron chi connectivity index (χ3n) is 3.02. The van der Waals surface area contributed by atoms with Crippen LogP contribution in [-0.2, 0) is 0 Å². The minimum absolute atomic E-state index is 0.0494. The summed E-state index contributed by atoms with van der Waals surface area (Å²) in [6.07, 6.45) is 3.36. The smallest absolute Gasteiger partial charge is 0.126 e. The van der Waals surface area contributed by atoms with Crippen molar-refractivity contribution in [2.45, 2.75) is 6.04 Å². The third-order valence-corrected chi connectivity index (χ3v) is 3.86. The highest BCUT2D eigenvalue weighted by atomic mass is 32.1. The number of pyridine rings is 1. The number of thiazole rings is 1. The van der Waals surface area contributed by atoms with E-state index in [9.17, 15) is 0 Å². The summed E-state index contributed by atoms with van der Waals surface area (Å²) in [7, 11) is 0. The van der Waals surface area contributed by atoms with Crippen LogP contribution in [-0.4, -0.2) is 9.97 Å². The van der Waals surface area contributed by atoms with E-state index in [1.807, 2.05) is 29.6 Å². The first kappa shape index (κ1) is 13.3. The van der Waals surface area contributed by atoms with Crippen molar-refractivity contribution in [3.05, 3.63) is 76.4 Å². The quantitative estimate of drug-likeness (QED) is 0.798. The molecule has 4 nitrogen and oxygen atoms in total. The van der Waals surface area contributed by atoms with E-state index in [0.29, 0.717) is 5.56 Å². The fourth-order valence-corrected chi connectivity index (χ4v) is 2.72. The summed E-state index contributed by atoms with van der Waals surface area (Å²) in [4.78, 5) is 8.67. The number of nitriles is 1. The van der Waals surface area contributed by atoms with Crippen LogP contribution in [0.15, 0.2) is 60.2 Å². The van der Waals surface area contributed by atoms with Gasteiger partial charge in [-0.3, -0.25) is 0 Å². The lowest BCUT2D eigenvalue weighted by Crippen LogP contribution is -2.12. The molecule has 0 saturated heterocycles. The Balaban J connectivity index is 1.91. The molecule has 1 N–H and O–H groups in total. The SMILES string of the molecule is N#Cc1ccc(NC(c2ccccc2)c2nccs2)nc1. The Morgan fingerprint density at radius 2 is 1.95 bits per heavy atom. The number of hydrogen-bond acceptors (Lipinski definition) is 5. The molecular weight excluding hydrogens is 280 g/mol. The van der Waals surface area contributed by atoms with Gasteiger partial charge in [-0.1, -0.05) is 30.3 Å². The van der Waals surface area contributed by atoms with Gasteiger partial charge in [0.1, 0.15) is 22.9 Å². The van der Waals surface area contributed by atoms with Crippen molar-refractivity contribution in [3.8, 4) is 6.07 Å². The van der Waals surface area contributed by atoms with Gasteiger partial charge in [-0.25, -0.2) is 9.97 Å². The molecule has 3 rings (SSSR count). The van der Waals surface area contributed by atoms with Crippen LogP contribution in [0.4, 0.5) is 5.82 Å². The molecule has 0 bridgehead atoms. The van der Waals surface area contributed by atoms with E-state index in [0.717, 1.165) is 16.4 Å². The first-order valence-corrected chi connectivity index (χ1v) is 7.32. The van der Waals surface area contributed by atoms with Crippen molar-refractivity contribution >= 4 is 17.2 Å². The monoisotopic (exact) mass is 292 g/mol. The molecule has 21 heavy (non-hydrogen) atoms. The second kappa shape index (κ2) is 6.16. The highest BCUT2D eigenvalue weighted by Gasteiger charge is 2.16. The van der Waals surface area contributed by atoms with E-state index < -0.39 is 0 Å². The Labute approximate surface area is 126 Å². The van der Waals surface area contributed by atoms with Crippen molar-refractivity contribution in [2.24, 2.45) is 0 Å². The van der Waals surface area contributed by atoms with Crippen LogP contribution in [0.5, 0.6) is 0 Å². The summed E-state index contributed by atoms with van der Waals surface area (Å²) >= 11 is 1.60. The molecule has 1 atom stereocenters. The van der Waals surface area contributed by atoms with Crippen LogP contribution in [0.1, 0.15) is 22.2 Å². The van der Waals surface area contributed by atoms with Crippen molar-refractivity contribution in [2.75, 3.05) is 5.32 Å². The predicted octanol–water partition coefficient (Wildman–Crippen LogP) is 3.61. The van der Waals surface area contributed by atoms with E-state index in [4.69, 9.17) is 5.26 Å². The molecule has 3 aromatic rings. The molecule has 0 radical (unpaired) electrons. The number of nitrogens with one attached hydrogen (secondary N) is 1. The number of rotatable bonds is 4. The van der Waals surface area contributed by atoms with Gasteiger partial charge in [-0.2, -0.15) is 5.26 Å². The minimum Gasteiger partial charge on any atom is -0.357 e. The van der Waals surface area contributed by atoms with Crippen molar-refractivity contribution < 1.29 is 0 Å². The number of aromatic nitrogens is 2. The second-order valence-corrected chi connectivity index (χ2v) is 5.33. The number of anilines is 1. The standard InChI is InChI=1S/C16H12N4S/c17-10-12-6-7-14(19-11-12)20-15(16-18-8-9-21-16)13-4-2-1-3-5-13/h1-9,11,15H,(H,19,20). The maximum absolute atomic E-state index is 8.82. The van der Waals surface area contributed by atoms with Crippen molar-refractivity contribution in [1.82, 2.24) is 9.97 Å². The summed E-state index contributed by atoms with van der Waals surface area (Å²) in [6.45, 7) is 0. The molecule has 1 unspecified atom stereocenters. The van der Waals surface area contributed by atoms with Crippen molar-refractivity contribution in [1.29, 1.82) is 5.26 Å². The average Bonchev–Trinajstić information content (AvgIpc) is 3.08. The summed E-state index contributed by atoms with van der Waals surface area (Å²) in [5.74, 6) is 0.720. The Morgan fingerprint density at radius 1 is 1.10 bits per heavy atom. The first-order valence-electron chi connectivity index (χ1n) is 6.44. The van der Waals surface area contributed by atoms with E-state index in [1.54, 1.807) is 29.8 Å². The van der Waals surface area contributed by atoms with Gasteiger partial charge in [0.25, 0.3) is 0 Å². The normalized spacial score (nSPS) is 11.6. The Kier molecular flexibility index (Phi) is 3.90. The van der Waals surface area contributed by atoms with Gasteiger partial charge >= 0.3 is 0 Å². The fraction of sp³-hybridized carbons (Fsp3) is 0.0625. The van der Waals surface area contributed by atoms with E-state index in [1.165, 1.54) is 0 Å². The summed E-state index contributed by atoms with van der Waals surface area (Å²) in [5.41, 5.74) is 1.67. The van der Waals surface area contributed by atoms with Crippen LogP contribution in [0.3, 0.4) is 0 Å². The lowest BCUT2D eigenvalue weighted by atomic mass is 10.1. The fourth-order valence-electron chi connectivity index (χ4n) is 2.00. The maximum Gasteiger partial charge on any atom is 0.126 e. The zero-order valence-electron chi connectivity index (χ0n) is 11.1. The van der Waals surface area contributed by atoms with E-state index in [2.05, 4.69) is 33.5 Å². The van der Waals surface area contributed by atoms with Gasteiger partial charge in [-0.05, 0) is 17.7 Å². The topological polar surface area (TPSA) is 61.6 Å². The van der Waals surface area contributed by atoms with Crippen LogP contribution in [0.25, 0.3) is 0 Å². The molecular formula is C16H12N4S. The summed E-state index contributed by atoms with van der Waals surface area (Å²) in [5, 5.41) is 15.1. The van der Waals surface area contributed by atoms with E-state index >= 15 is 0 Å². The predicted molar refractivity (Wildman–Crippen MR) is 83.0 cm³/mol. The van der Waals surface area contributed by atoms with E-state index in [-0.39, 0.29) is 6.04 Å². The summed E-state index contributed by atoms with van der Waals surface area (Å²) in [6, 6.07) is 15.7. The molecule has 1 aromatic carbocycles. The molecule has 2 aromatic heterocycles. The molecule has 2 heterocycles. The Bertz CT molecular complexity index is 730. The molecule has 0 saturated carbocycles. The summed E-state index contributed by atoms with van der Waals surface area (Å²) < 4.78 is 0. The molecule has 0 aliphatic carbocycles. The van der Waals surface area contributed by atoms with Gasteiger partial charge in [0, 0.05) is 17.8 Å². The zero-order valence-corrected chi connectivity index (χ0v) is 11.9. The molecule has 102 valence electrons. The van der Waals surface area contributed by atoms with Gasteiger partial charge in [0.05, 0.1) is 5.56 Å². The highest BCUT2D eigenvalue weighted by molar-refractivity contribution is 7.09. The highest BCUT2D eigenvalue weighted by Crippen LogP contribution is 2.27. The zero-order chi connectivity index (χ0) is 14.5. The first-order chi connectivity index (χ1) is 10.4. The van der Waals surface area contributed by atoms with Gasteiger partial charge in [0.2, 0.25) is 0 Å². The number of nitrogens with zero attached hydrogens (tertiary/aromatic N) is 3. The number of hydrogen-bond donors (Lipinski definition) is 1. The lowest BCUT2D eigenvalue weighted by molar-refractivity contribution is 0.910. The molecule has 0 fully saturated rings.